The van der Waals surface area contributed by atoms with E-state index in [0.717, 1.165) is 10.0 Å². The van der Waals surface area contributed by atoms with E-state index < -0.39 is 6.10 Å². The lowest BCUT2D eigenvalue weighted by atomic mass is 9.99. The van der Waals surface area contributed by atoms with Gasteiger partial charge in [-0.1, -0.05) is 33.2 Å². The zero-order valence-electron chi connectivity index (χ0n) is 10.8. The molecule has 1 aliphatic heterocycles. The van der Waals surface area contributed by atoms with Crippen molar-refractivity contribution in [3.8, 4) is 0 Å². The van der Waals surface area contributed by atoms with Gasteiger partial charge in [0.15, 0.2) is 5.82 Å². The van der Waals surface area contributed by atoms with Crippen molar-refractivity contribution in [2.24, 2.45) is 0 Å². The fraction of sp³-hybridized carbons (Fsp3) is 0.429. The number of hydrogen-bond acceptors (Lipinski definition) is 5. The predicted molar refractivity (Wildman–Crippen MR) is 75.4 cm³/mol. The number of ether oxygens (including phenoxy) is 1. The Labute approximate surface area is 125 Å². The van der Waals surface area contributed by atoms with Crippen molar-refractivity contribution in [2.45, 2.75) is 24.9 Å². The third kappa shape index (κ3) is 3.08. The molecule has 1 aromatic heterocycles. The molecular weight excluding hydrogens is 324 g/mol. The fourth-order valence-electron chi connectivity index (χ4n) is 2.24. The van der Waals surface area contributed by atoms with Gasteiger partial charge in [-0.15, -0.1) is 0 Å². The largest absolute Gasteiger partial charge is 0.392 e. The maximum absolute atomic E-state index is 9.94. The van der Waals surface area contributed by atoms with Gasteiger partial charge < -0.3 is 14.4 Å². The van der Waals surface area contributed by atoms with Crippen LogP contribution in [0.15, 0.2) is 33.3 Å². The molecule has 2 heterocycles. The second kappa shape index (κ2) is 6.03. The van der Waals surface area contributed by atoms with Gasteiger partial charge in [-0.3, -0.25) is 0 Å². The number of aliphatic hydroxyl groups excluding tert-OH is 1. The summed E-state index contributed by atoms with van der Waals surface area (Å²) in [4.78, 5) is 4.37. The lowest BCUT2D eigenvalue weighted by Crippen LogP contribution is -2.30. The van der Waals surface area contributed by atoms with Crippen molar-refractivity contribution in [3.05, 3.63) is 46.0 Å². The van der Waals surface area contributed by atoms with Crippen LogP contribution < -0.4 is 0 Å². The summed E-state index contributed by atoms with van der Waals surface area (Å²) < 4.78 is 11.7. The van der Waals surface area contributed by atoms with E-state index in [4.69, 9.17) is 9.26 Å². The minimum atomic E-state index is -0.468. The summed E-state index contributed by atoms with van der Waals surface area (Å²) in [7, 11) is 0. The second-order valence-corrected chi connectivity index (χ2v) is 5.81. The fourth-order valence-corrected chi connectivity index (χ4v) is 2.50. The maximum atomic E-state index is 9.94. The third-order valence-electron chi connectivity index (χ3n) is 3.40. The molecule has 106 valence electrons. The summed E-state index contributed by atoms with van der Waals surface area (Å²) in [5, 5.41) is 13.9. The Morgan fingerprint density at radius 3 is 2.85 bits per heavy atom. The van der Waals surface area contributed by atoms with Crippen molar-refractivity contribution in [1.29, 1.82) is 0 Å². The van der Waals surface area contributed by atoms with E-state index in [1.807, 2.05) is 24.3 Å². The molecule has 0 bridgehead atoms. The molecule has 1 N–H and O–H groups in total. The van der Waals surface area contributed by atoms with Gasteiger partial charge in [0.2, 0.25) is 5.89 Å². The normalized spacial score (nSPS) is 22.9. The molecule has 0 spiro atoms. The first-order valence-corrected chi connectivity index (χ1v) is 7.34. The molecule has 0 aliphatic carbocycles. The molecule has 0 saturated carbocycles. The number of nitrogens with zero attached hydrogens (tertiary/aromatic N) is 2. The summed E-state index contributed by atoms with van der Waals surface area (Å²) in [6.45, 7) is 1.01. The summed E-state index contributed by atoms with van der Waals surface area (Å²) in [6, 6.07) is 7.99. The number of rotatable bonds is 3. The molecule has 1 saturated heterocycles. The van der Waals surface area contributed by atoms with Crippen molar-refractivity contribution < 1.29 is 14.4 Å². The van der Waals surface area contributed by atoms with E-state index in [-0.39, 0.29) is 5.92 Å². The minimum absolute atomic E-state index is 0.213. The molecule has 0 radical (unpaired) electrons. The van der Waals surface area contributed by atoms with Crippen LogP contribution in [0.25, 0.3) is 0 Å². The monoisotopic (exact) mass is 338 g/mol. The first-order chi connectivity index (χ1) is 9.72. The smallest absolute Gasteiger partial charge is 0.234 e. The van der Waals surface area contributed by atoms with Crippen LogP contribution in [0.1, 0.15) is 29.6 Å². The maximum Gasteiger partial charge on any atom is 0.234 e. The lowest BCUT2D eigenvalue weighted by molar-refractivity contribution is -0.0149. The van der Waals surface area contributed by atoms with Crippen LogP contribution in [0.4, 0.5) is 0 Å². The van der Waals surface area contributed by atoms with E-state index in [0.29, 0.717) is 37.8 Å². The standard InChI is InChI=1S/C14H15BrN2O3/c15-10-3-1-9(2-4-10)7-13-16-14(20-17-13)11-8-19-6-5-12(11)18/h1-4,11-12,18H,5-8H2. The summed E-state index contributed by atoms with van der Waals surface area (Å²) in [6.07, 6.45) is 0.750. The molecule has 1 aromatic carbocycles. The number of halogens is 1. The van der Waals surface area contributed by atoms with Gasteiger partial charge in [0.1, 0.15) is 0 Å². The molecule has 0 amide bonds. The first-order valence-electron chi connectivity index (χ1n) is 6.55. The highest BCUT2D eigenvalue weighted by atomic mass is 79.9. The molecule has 2 aromatic rings. The van der Waals surface area contributed by atoms with E-state index in [2.05, 4.69) is 26.1 Å². The van der Waals surface area contributed by atoms with Crippen LogP contribution in [0, 0.1) is 0 Å². The van der Waals surface area contributed by atoms with Crippen LogP contribution in [-0.4, -0.2) is 34.6 Å². The Morgan fingerprint density at radius 1 is 1.30 bits per heavy atom. The second-order valence-electron chi connectivity index (χ2n) is 4.89. The Balaban J connectivity index is 1.71. The van der Waals surface area contributed by atoms with E-state index in [9.17, 15) is 5.11 Å². The SMILES string of the molecule is OC1CCOCC1c1nc(Cc2ccc(Br)cc2)no1. The van der Waals surface area contributed by atoms with Crippen molar-refractivity contribution >= 4 is 15.9 Å². The highest BCUT2D eigenvalue weighted by Gasteiger charge is 2.30. The molecule has 6 heteroatoms. The zero-order valence-corrected chi connectivity index (χ0v) is 12.4. The molecule has 3 rings (SSSR count). The molecule has 5 nitrogen and oxygen atoms in total. The number of aliphatic hydroxyl groups is 1. The first kappa shape index (κ1) is 13.7. The highest BCUT2D eigenvalue weighted by molar-refractivity contribution is 9.10. The highest BCUT2D eigenvalue weighted by Crippen LogP contribution is 2.25. The Bertz CT molecular complexity index is 570. The minimum Gasteiger partial charge on any atom is -0.392 e. The van der Waals surface area contributed by atoms with Gasteiger partial charge in [-0.05, 0) is 24.1 Å². The van der Waals surface area contributed by atoms with E-state index in [1.165, 1.54) is 0 Å². The quantitative estimate of drug-likeness (QED) is 0.929. The van der Waals surface area contributed by atoms with Gasteiger partial charge in [0.05, 0.1) is 18.6 Å². The van der Waals surface area contributed by atoms with Gasteiger partial charge in [-0.25, -0.2) is 0 Å². The topological polar surface area (TPSA) is 68.4 Å². The van der Waals surface area contributed by atoms with Gasteiger partial charge in [-0.2, -0.15) is 4.98 Å². The Kier molecular flexibility index (Phi) is 4.14. The average molecular weight is 339 g/mol. The van der Waals surface area contributed by atoms with Crippen LogP contribution in [0.2, 0.25) is 0 Å². The summed E-state index contributed by atoms with van der Waals surface area (Å²) in [5.41, 5.74) is 1.11. The zero-order chi connectivity index (χ0) is 13.9. The molecule has 20 heavy (non-hydrogen) atoms. The van der Waals surface area contributed by atoms with Gasteiger partial charge >= 0.3 is 0 Å². The van der Waals surface area contributed by atoms with Crippen LogP contribution in [0.3, 0.4) is 0 Å². The van der Waals surface area contributed by atoms with E-state index >= 15 is 0 Å². The third-order valence-corrected chi connectivity index (χ3v) is 3.92. The van der Waals surface area contributed by atoms with Crippen LogP contribution in [0.5, 0.6) is 0 Å². The van der Waals surface area contributed by atoms with Crippen LogP contribution >= 0.6 is 15.9 Å². The van der Waals surface area contributed by atoms with Gasteiger partial charge in [0.25, 0.3) is 0 Å². The van der Waals surface area contributed by atoms with Gasteiger partial charge in [0, 0.05) is 17.5 Å². The summed E-state index contributed by atoms with van der Waals surface area (Å²) in [5.74, 6) is 0.874. The molecular formula is C14H15BrN2O3. The molecule has 2 atom stereocenters. The Morgan fingerprint density at radius 2 is 2.10 bits per heavy atom. The number of benzene rings is 1. The molecule has 1 aliphatic rings. The lowest BCUT2D eigenvalue weighted by Gasteiger charge is -2.24. The van der Waals surface area contributed by atoms with E-state index in [1.54, 1.807) is 0 Å². The predicted octanol–water partition coefficient (Wildman–Crippen LogP) is 2.29. The molecule has 2 unspecified atom stereocenters. The average Bonchev–Trinajstić information content (AvgIpc) is 2.90. The van der Waals surface area contributed by atoms with Crippen LogP contribution in [-0.2, 0) is 11.2 Å². The van der Waals surface area contributed by atoms with Crippen molar-refractivity contribution in [2.75, 3.05) is 13.2 Å². The Hall–Kier alpha value is -1.24. The van der Waals surface area contributed by atoms with Crippen molar-refractivity contribution in [1.82, 2.24) is 10.1 Å². The number of aromatic nitrogens is 2. The summed E-state index contributed by atoms with van der Waals surface area (Å²) >= 11 is 3.40. The number of hydrogen-bond donors (Lipinski definition) is 1. The molecule has 1 fully saturated rings. The van der Waals surface area contributed by atoms with Crippen molar-refractivity contribution in [3.63, 3.8) is 0 Å².